The molecule has 0 unspecified atom stereocenters. The highest BCUT2D eigenvalue weighted by Gasteiger charge is 2.35. The molecule has 2 aliphatic heterocycles. The first kappa shape index (κ1) is 16.2. The van der Waals surface area contributed by atoms with Gasteiger partial charge in [-0.25, -0.2) is 0 Å². The summed E-state index contributed by atoms with van der Waals surface area (Å²) >= 11 is 3.31. The lowest BCUT2D eigenvalue weighted by atomic mass is 10.00. The van der Waals surface area contributed by atoms with E-state index in [-0.39, 0.29) is 30.7 Å². The van der Waals surface area contributed by atoms with Crippen LogP contribution in [0.15, 0.2) is 22.7 Å². The van der Waals surface area contributed by atoms with Gasteiger partial charge in [0, 0.05) is 30.5 Å². The van der Waals surface area contributed by atoms with E-state index in [9.17, 15) is 14.4 Å². The van der Waals surface area contributed by atoms with Gasteiger partial charge in [-0.1, -0.05) is 22.9 Å². The van der Waals surface area contributed by atoms with E-state index in [1.807, 2.05) is 4.90 Å². The van der Waals surface area contributed by atoms with Gasteiger partial charge >= 0.3 is 0 Å². The average Bonchev–Trinajstić information content (AvgIpc) is 2.76. The van der Waals surface area contributed by atoms with Crippen molar-refractivity contribution in [3.05, 3.63) is 33.8 Å². The molecule has 3 amide bonds. The Kier molecular flexibility index (Phi) is 4.53. The van der Waals surface area contributed by atoms with Crippen LogP contribution in [0.5, 0.6) is 0 Å². The largest absolute Gasteiger partial charge is 0.342 e. The van der Waals surface area contributed by atoms with Crippen LogP contribution in [0.1, 0.15) is 46.9 Å². The third kappa shape index (κ3) is 3.17. The van der Waals surface area contributed by atoms with Crippen molar-refractivity contribution in [2.24, 2.45) is 5.92 Å². The Bertz CT molecular complexity index is 674. The van der Waals surface area contributed by atoms with Crippen molar-refractivity contribution >= 4 is 33.7 Å². The molecule has 2 aliphatic rings. The van der Waals surface area contributed by atoms with Gasteiger partial charge in [-0.05, 0) is 37.0 Å². The van der Waals surface area contributed by atoms with E-state index in [1.165, 1.54) is 4.90 Å². The van der Waals surface area contributed by atoms with Gasteiger partial charge in [0.2, 0.25) is 5.91 Å². The van der Waals surface area contributed by atoms with E-state index < -0.39 is 0 Å². The van der Waals surface area contributed by atoms with Gasteiger partial charge in [-0.2, -0.15) is 0 Å². The van der Waals surface area contributed by atoms with Gasteiger partial charge in [-0.3, -0.25) is 19.3 Å². The number of rotatable bonds is 3. The normalized spacial score (nSPS) is 20.9. The standard InChI is InChI=1S/C17H19BrN2O3/c1-11-3-2-7-19(10-11)15(21)6-8-20-16(22)13-5-4-12(18)9-14(13)17(20)23/h4-5,9,11H,2-3,6-8,10H2,1H3/t11-/m0/s1. The second-order valence-electron chi connectivity index (χ2n) is 6.29. The fraction of sp³-hybridized carbons (Fsp3) is 0.471. The van der Waals surface area contributed by atoms with Gasteiger partial charge in [0.05, 0.1) is 11.1 Å². The van der Waals surface area contributed by atoms with Crippen molar-refractivity contribution in [2.45, 2.75) is 26.2 Å². The molecule has 0 N–H and O–H groups in total. The first-order chi connectivity index (χ1) is 11.0. The van der Waals surface area contributed by atoms with E-state index in [4.69, 9.17) is 0 Å². The molecule has 0 saturated carbocycles. The summed E-state index contributed by atoms with van der Waals surface area (Å²) in [5, 5.41) is 0. The molecule has 23 heavy (non-hydrogen) atoms. The zero-order chi connectivity index (χ0) is 16.6. The van der Waals surface area contributed by atoms with Crippen molar-refractivity contribution in [1.82, 2.24) is 9.80 Å². The van der Waals surface area contributed by atoms with E-state index >= 15 is 0 Å². The van der Waals surface area contributed by atoms with Crippen LogP contribution < -0.4 is 0 Å². The van der Waals surface area contributed by atoms with E-state index in [1.54, 1.807) is 18.2 Å². The lowest BCUT2D eigenvalue weighted by Gasteiger charge is -2.31. The summed E-state index contributed by atoms with van der Waals surface area (Å²) in [5.74, 6) is -0.0814. The summed E-state index contributed by atoms with van der Waals surface area (Å²) in [6.45, 7) is 3.83. The number of imide groups is 1. The summed E-state index contributed by atoms with van der Waals surface area (Å²) in [5.41, 5.74) is 0.820. The van der Waals surface area contributed by atoms with Crippen molar-refractivity contribution in [3.63, 3.8) is 0 Å². The number of benzene rings is 1. The molecule has 1 aromatic carbocycles. The van der Waals surface area contributed by atoms with Gasteiger partial charge in [0.15, 0.2) is 0 Å². The minimum atomic E-state index is -0.314. The number of fused-ring (bicyclic) bond motifs is 1. The molecular weight excluding hydrogens is 360 g/mol. The zero-order valence-corrected chi connectivity index (χ0v) is 14.6. The van der Waals surface area contributed by atoms with Gasteiger partial charge in [0.25, 0.3) is 11.8 Å². The number of amides is 3. The van der Waals surface area contributed by atoms with Gasteiger partial charge in [0.1, 0.15) is 0 Å². The predicted octanol–water partition coefficient (Wildman–Crippen LogP) is 2.69. The highest BCUT2D eigenvalue weighted by molar-refractivity contribution is 9.10. The lowest BCUT2D eigenvalue weighted by molar-refractivity contribution is -0.132. The van der Waals surface area contributed by atoms with Crippen LogP contribution in [0.4, 0.5) is 0 Å². The van der Waals surface area contributed by atoms with E-state index in [0.29, 0.717) is 17.0 Å². The zero-order valence-electron chi connectivity index (χ0n) is 13.0. The van der Waals surface area contributed by atoms with Crippen LogP contribution in [-0.2, 0) is 4.79 Å². The van der Waals surface area contributed by atoms with E-state index in [0.717, 1.165) is 30.4 Å². The molecule has 1 atom stereocenters. The van der Waals surface area contributed by atoms with Crippen molar-refractivity contribution < 1.29 is 14.4 Å². The van der Waals surface area contributed by atoms with Crippen molar-refractivity contribution in [1.29, 1.82) is 0 Å². The molecule has 3 rings (SSSR count). The second kappa shape index (κ2) is 6.43. The number of carbonyl (C=O) groups excluding carboxylic acids is 3. The Morgan fingerprint density at radius 3 is 2.74 bits per heavy atom. The minimum absolute atomic E-state index is 0.0225. The van der Waals surface area contributed by atoms with Crippen LogP contribution >= 0.6 is 15.9 Å². The van der Waals surface area contributed by atoms with Crippen LogP contribution in [-0.4, -0.2) is 47.2 Å². The number of likely N-dealkylation sites (tertiary alicyclic amines) is 1. The number of carbonyl (C=O) groups is 3. The third-order valence-corrected chi connectivity index (χ3v) is 4.98. The molecule has 122 valence electrons. The SMILES string of the molecule is C[C@H]1CCCN(C(=O)CCN2C(=O)c3ccc(Br)cc3C2=O)C1. The summed E-state index contributed by atoms with van der Waals surface area (Å²) in [7, 11) is 0. The summed E-state index contributed by atoms with van der Waals surface area (Å²) in [4.78, 5) is 40.0. The minimum Gasteiger partial charge on any atom is -0.342 e. The van der Waals surface area contributed by atoms with Gasteiger partial charge in [-0.15, -0.1) is 0 Å². The van der Waals surface area contributed by atoms with E-state index in [2.05, 4.69) is 22.9 Å². The van der Waals surface area contributed by atoms with Gasteiger partial charge < -0.3 is 4.90 Å². The number of halogens is 1. The molecule has 0 bridgehead atoms. The topological polar surface area (TPSA) is 57.7 Å². The monoisotopic (exact) mass is 378 g/mol. The Hall–Kier alpha value is -1.69. The smallest absolute Gasteiger partial charge is 0.261 e. The highest BCUT2D eigenvalue weighted by Crippen LogP contribution is 2.26. The van der Waals surface area contributed by atoms with Crippen molar-refractivity contribution in [3.8, 4) is 0 Å². The summed E-state index contributed by atoms with van der Waals surface area (Å²) in [6.07, 6.45) is 2.37. The molecule has 0 radical (unpaired) electrons. The third-order valence-electron chi connectivity index (χ3n) is 4.49. The van der Waals surface area contributed by atoms with Crippen LogP contribution in [0.3, 0.4) is 0 Å². The Labute approximate surface area is 143 Å². The fourth-order valence-electron chi connectivity index (χ4n) is 3.25. The fourth-order valence-corrected chi connectivity index (χ4v) is 3.61. The quantitative estimate of drug-likeness (QED) is 0.759. The Morgan fingerprint density at radius 1 is 1.26 bits per heavy atom. The molecule has 2 heterocycles. The lowest BCUT2D eigenvalue weighted by Crippen LogP contribution is -2.41. The molecule has 5 nitrogen and oxygen atoms in total. The summed E-state index contributed by atoms with van der Waals surface area (Å²) in [6, 6.07) is 5.05. The van der Waals surface area contributed by atoms with Crippen LogP contribution in [0.2, 0.25) is 0 Å². The number of piperidine rings is 1. The van der Waals surface area contributed by atoms with Crippen molar-refractivity contribution in [2.75, 3.05) is 19.6 Å². The molecule has 1 aromatic rings. The molecule has 1 fully saturated rings. The first-order valence-corrected chi connectivity index (χ1v) is 8.70. The molecule has 1 saturated heterocycles. The first-order valence-electron chi connectivity index (χ1n) is 7.91. The molecule has 0 aromatic heterocycles. The maximum atomic E-state index is 12.4. The molecule has 0 aliphatic carbocycles. The highest BCUT2D eigenvalue weighted by atomic mass is 79.9. The number of hydrogen-bond acceptors (Lipinski definition) is 3. The maximum Gasteiger partial charge on any atom is 0.261 e. The molecule has 0 spiro atoms. The second-order valence-corrected chi connectivity index (χ2v) is 7.20. The molecular formula is C17H19BrN2O3. The number of hydrogen-bond donors (Lipinski definition) is 0. The number of nitrogens with zero attached hydrogens (tertiary/aromatic N) is 2. The predicted molar refractivity (Wildman–Crippen MR) is 89.1 cm³/mol. The van der Waals surface area contributed by atoms with Crippen LogP contribution in [0, 0.1) is 5.92 Å². The summed E-state index contributed by atoms with van der Waals surface area (Å²) < 4.78 is 0.762. The maximum absolute atomic E-state index is 12.4. The molecule has 6 heteroatoms. The van der Waals surface area contributed by atoms with Crippen LogP contribution in [0.25, 0.3) is 0 Å². The Balaban J connectivity index is 1.64. The average molecular weight is 379 g/mol. The Morgan fingerprint density at radius 2 is 2.00 bits per heavy atom.